The lowest BCUT2D eigenvalue weighted by atomic mass is 10.0. The van der Waals surface area contributed by atoms with Crippen molar-refractivity contribution in [3.63, 3.8) is 0 Å². The normalized spacial score (nSPS) is 19.9. The topological polar surface area (TPSA) is 41.1 Å². The highest BCUT2D eigenvalue weighted by Gasteiger charge is 2.22. The summed E-state index contributed by atoms with van der Waals surface area (Å²) in [5.74, 6) is 1.86. The van der Waals surface area contributed by atoms with Gasteiger partial charge in [-0.15, -0.1) is 11.3 Å². The van der Waals surface area contributed by atoms with Crippen molar-refractivity contribution in [1.29, 1.82) is 0 Å². The fourth-order valence-corrected chi connectivity index (χ4v) is 3.47. The van der Waals surface area contributed by atoms with Crippen molar-refractivity contribution in [3.8, 4) is 0 Å². The number of piperidine rings is 1. The molecular formula is C14H20N4S. The molecule has 1 aliphatic heterocycles. The van der Waals surface area contributed by atoms with E-state index in [1.165, 1.54) is 24.6 Å². The number of hydrogen-bond acceptors (Lipinski definition) is 5. The minimum absolute atomic E-state index is 0.571. The molecule has 0 bridgehead atoms. The van der Waals surface area contributed by atoms with Gasteiger partial charge in [0.15, 0.2) is 0 Å². The molecule has 1 unspecified atom stereocenters. The molecule has 1 aliphatic rings. The zero-order valence-electron chi connectivity index (χ0n) is 11.5. The summed E-state index contributed by atoms with van der Waals surface area (Å²) >= 11 is 1.69. The Balaban J connectivity index is 2.06. The van der Waals surface area contributed by atoms with Gasteiger partial charge in [-0.2, -0.15) is 4.98 Å². The van der Waals surface area contributed by atoms with E-state index in [0.717, 1.165) is 29.7 Å². The summed E-state index contributed by atoms with van der Waals surface area (Å²) < 4.78 is 0. The number of thiophene rings is 1. The maximum atomic E-state index is 4.75. The number of anilines is 2. The Labute approximate surface area is 117 Å². The highest BCUT2D eigenvalue weighted by molar-refractivity contribution is 7.16. The predicted octanol–water partition coefficient (Wildman–Crippen LogP) is 3.50. The van der Waals surface area contributed by atoms with Crippen LogP contribution in [0, 0.1) is 0 Å². The molecule has 102 valence electrons. The van der Waals surface area contributed by atoms with E-state index >= 15 is 0 Å². The van der Waals surface area contributed by atoms with E-state index in [0.29, 0.717) is 6.04 Å². The first-order chi connectivity index (χ1) is 9.29. The second kappa shape index (κ2) is 5.33. The van der Waals surface area contributed by atoms with Gasteiger partial charge >= 0.3 is 0 Å². The van der Waals surface area contributed by atoms with Crippen LogP contribution in [-0.2, 0) is 0 Å². The first kappa shape index (κ1) is 12.7. The van der Waals surface area contributed by atoms with Crippen molar-refractivity contribution in [2.24, 2.45) is 0 Å². The summed E-state index contributed by atoms with van der Waals surface area (Å²) in [6.45, 7) is 6.33. The Bertz CT molecular complexity index is 566. The third kappa shape index (κ3) is 2.39. The van der Waals surface area contributed by atoms with Crippen LogP contribution in [0.4, 0.5) is 11.8 Å². The molecule has 1 atom stereocenters. The molecule has 3 heterocycles. The predicted molar refractivity (Wildman–Crippen MR) is 82.2 cm³/mol. The lowest BCUT2D eigenvalue weighted by molar-refractivity contribution is 0.482. The van der Waals surface area contributed by atoms with Crippen molar-refractivity contribution >= 4 is 33.3 Å². The molecule has 1 fully saturated rings. The van der Waals surface area contributed by atoms with Gasteiger partial charge in [0.25, 0.3) is 0 Å². The molecule has 19 heavy (non-hydrogen) atoms. The Morgan fingerprint density at radius 3 is 3.11 bits per heavy atom. The number of nitrogens with one attached hydrogen (secondary N) is 1. The summed E-state index contributed by atoms with van der Waals surface area (Å²) in [7, 11) is 0. The first-order valence-electron chi connectivity index (χ1n) is 7.05. The maximum Gasteiger partial charge on any atom is 0.226 e. The van der Waals surface area contributed by atoms with Crippen LogP contribution in [0.15, 0.2) is 11.4 Å². The van der Waals surface area contributed by atoms with Gasteiger partial charge in [-0.05, 0) is 44.6 Å². The van der Waals surface area contributed by atoms with Gasteiger partial charge in [0.1, 0.15) is 10.6 Å². The number of nitrogens with zero attached hydrogens (tertiary/aromatic N) is 3. The van der Waals surface area contributed by atoms with Crippen LogP contribution in [0.1, 0.15) is 33.1 Å². The summed E-state index contributed by atoms with van der Waals surface area (Å²) in [4.78, 5) is 12.9. The molecular weight excluding hydrogens is 256 g/mol. The maximum absolute atomic E-state index is 4.75. The fourth-order valence-electron chi connectivity index (χ4n) is 2.71. The molecule has 3 rings (SSSR count). The smallest absolute Gasteiger partial charge is 0.226 e. The van der Waals surface area contributed by atoms with Gasteiger partial charge in [0.2, 0.25) is 5.95 Å². The monoisotopic (exact) mass is 276 g/mol. The average Bonchev–Trinajstić information content (AvgIpc) is 2.87. The summed E-state index contributed by atoms with van der Waals surface area (Å²) in [5, 5.41) is 6.54. The van der Waals surface area contributed by atoms with Gasteiger partial charge in [-0.3, -0.25) is 0 Å². The van der Waals surface area contributed by atoms with Gasteiger partial charge in [-0.1, -0.05) is 0 Å². The minimum atomic E-state index is 0.571. The quantitative estimate of drug-likeness (QED) is 0.931. The molecule has 0 radical (unpaired) electrons. The zero-order valence-corrected chi connectivity index (χ0v) is 12.3. The third-order valence-corrected chi connectivity index (χ3v) is 4.52. The van der Waals surface area contributed by atoms with Gasteiger partial charge in [0.05, 0.1) is 5.39 Å². The average molecular weight is 276 g/mol. The molecule has 0 spiro atoms. The fraction of sp³-hybridized carbons (Fsp3) is 0.571. The van der Waals surface area contributed by atoms with E-state index in [1.54, 1.807) is 11.3 Å². The highest BCUT2D eigenvalue weighted by atomic mass is 32.1. The minimum Gasteiger partial charge on any atom is -0.354 e. The van der Waals surface area contributed by atoms with E-state index in [9.17, 15) is 0 Å². The molecule has 0 aliphatic carbocycles. The number of hydrogen-bond donors (Lipinski definition) is 1. The summed E-state index contributed by atoms with van der Waals surface area (Å²) in [5.41, 5.74) is 0. The lowest BCUT2D eigenvalue weighted by Gasteiger charge is -2.34. The first-order valence-corrected chi connectivity index (χ1v) is 7.93. The van der Waals surface area contributed by atoms with Crippen LogP contribution in [0.5, 0.6) is 0 Å². The number of fused-ring (bicyclic) bond motifs is 1. The lowest BCUT2D eigenvalue weighted by Crippen LogP contribution is -2.38. The van der Waals surface area contributed by atoms with Crippen LogP contribution in [0.3, 0.4) is 0 Å². The molecule has 0 aromatic carbocycles. The second-order valence-corrected chi connectivity index (χ2v) is 5.97. The summed E-state index contributed by atoms with van der Waals surface area (Å²) in [6, 6.07) is 2.72. The Kier molecular flexibility index (Phi) is 3.55. The van der Waals surface area contributed by atoms with Gasteiger partial charge in [-0.25, -0.2) is 4.98 Å². The van der Waals surface area contributed by atoms with E-state index < -0.39 is 0 Å². The Morgan fingerprint density at radius 2 is 2.32 bits per heavy atom. The molecule has 5 heteroatoms. The SMILES string of the molecule is CCNc1nc(N2CCCCC2C)c2ccsc2n1. The molecule has 0 amide bonds. The van der Waals surface area contributed by atoms with E-state index in [4.69, 9.17) is 4.98 Å². The van der Waals surface area contributed by atoms with Crippen molar-refractivity contribution in [2.45, 2.75) is 39.2 Å². The zero-order chi connectivity index (χ0) is 13.2. The second-order valence-electron chi connectivity index (χ2n) is 5.08. The van der Waals surface area contributed by atoms with E-state index in [-0.39, 0.29) is 0 Å². The molecule has 2 aromatic heterocycles. The van der Waals surface area contributed by atoms with Crippen molar-refractivity contribution in [2.75, 3.05) is 23.3 Å². The largest absolute Gasteiger partial charge is 0.354 e. The number of rotatable bonds is 3. The Hall–Kier alpha value is -1.36. The van der Waals surface area contributed by atoms with Gasteiger partial charge < -0.3 is 10.2 Å². The standard InChI is InChI=1S/C14H20N4S/c1-3-15-14-16-12(11-7-9-19-13(11)17-14)18-8-5-4-6-10(18)2/h7,9-10H,3-6,8H2,1-2H3,(H,15,16,17). The molecule has 1 saturated heterocycles. The third-order valence-electron chi connectivity index (χ3n) is 3.71. The highest BCUT2D eigenvalue weighted by Crippen LogP contribution is 2.32. The van der Waals surface area contributed by atoms with Crippen LogP contribution < -0.4 is 10.2 Å². The molecule has 1 N–H and O–H groups in total. The van der Waals surface area contributed by atoms with Crippen LogP contribution >= 0.6 is 11.3 Å². The van der Waals surface area contributed by atoms with Crippen LogP contribution in [0.25, 0.3) is 10.2 Å². The number of aromatic nitrogens is 2. The van der Waals surface area contributed by atoms with E-state index in [2.05, 4.69) is 40.5 Å². The molecule has 4 nitrogen and oxygen atoms in total. The Morgan fingerprint density at radius 1 is 1.42 bits per heavy atom. The van der Waals surface area contributed by atoms with Gasteiger partial charge in [0, 0.05) is 19.1 Å². The molecule has 0 saturated carbocycles. The van der Waals surface area contributed by atoms with Crippen LogP contribution in [0.2, 0.25) is 0 Å². The van der Waals surface area contributed by atoms with E-state index in [1.807, 2.05) is 0 Å². The van der Waals surface area contributed by atoms with Crippen molar-refractivity contribution in [1.82, 2.24) is 9.97 Å². The van der Waals surface area contributed by atoms with Crippen molar-refractivity contribution in [3.05, 3.63) is 11.4 Å². The summed E-state index contributed by atoms with van der Waals surface area (Å²) in [6.07, 6.45) is 3.85. The van der Waals surface area contributed by atoms with Crippen LogP contribution in [-0.4, -0.2) is 29.1 Å². The molecule has 2 aromatic rings. The van der Waals surface area contributed by atoms with Crippen molar-refractivity contribution < 1.29 is 0 Å².